The predicted molar refractivity (Wildman–Crippen MR) is 334 cm³/mol. The zero-order valence-corrected chi connectivity index (χ0v) is 45.4. The standard InChI is InChI=1S/C74H64N2.C2H2/c1-8-12-23-50(5)52(7)75(51(6)10-3)61-38-42-64-63-40-34-53(44-67(63)73(68(64)46-61)48-57-26-16-17-27-58(57)49-73)32-33-54-35-41-65-66-43-39-62(76-71-30-20-18-24-55(71)36-37-56-25-19-21-31-72(56)76)47-70(66)74(69(65)45-54,59(11-4)22-9-2)60-28-14-13-15-29-60;1-2/h8-35,38-47H,1,3,6,36-37,48-49H2,2,4-5,7H3;1-2H/b22-9-,23-12-,33-32+,52-50+,59-11+;. The van der Waals surface area contributed by atoms with E-state index < -0.39 is 5.41 Å². The fraction of sp³-hybridized carbons (Fsp3) is 0.132. The Hall–Kier alpha value is -9.16. The minimum atomic E-state index is -0.580. The molecule has 0 amide bonds. The number of fused-ring (bicyclic) bond motifs is 11. The Morgan fingerprint density at radius 2 is 1.08 bits per heavy atom. The van der Waals surface area contributed by atoms with Crippen LogP contribution in [0.15, 0.2) is 261 Å². The molecule has 0 saturated heterocycles. The number of hydrogen-bond donors (Lipinski definition) is 0. The van der Waals surface area contributed by atoms with Crippen LogP contribution in [0.2, 0.25) is 0 Å². The van der Waals surface area contributed by atoms with Gasteiger partial charge in [0.25, 0.3) is 0 Å². The third-order valence-electron chi connectivity index (χ3n) is 16.9. The molecule has 3 aliphatic carbocycles. The van der Waals surface area contributed by atoms with Gasteiger partial charge in [0, 0.05) is 39.6 Å². The average Bonchev–Trinajstić information content (AvgIpc) is 4.27. The minimum absolute atomic E-state index is 0.217. The van der Waals surface area contributed by atoms with Crippen molar-refractivity contribution in [3.8, 4) is 35.1 Å². The zero-order valence-electron chi connectivity index (χ0n) is 45.4. The Morgan fingerprint density at radius 3 is 1.65 bits per heavy atom. The second-order valence-corrected chi connectivity index (χ2v) is 21.0. The van der Waals surface area contributed by atoms with Crippen LogP contribution >= 0.6 is 0 Å². The first-order valence-electron chi connectivity index (χ1n) is 27.3. The van der Waals surface area contributed by atoms with Crippen LogP contribution in [0.4, 0.5) is 22.7 Å². The van der Waals surface area contributed by atoms with E-state index in [4.69, 9.17) is 0 Å². The van der Waals surface area contributed by atoms with E-state index in [0.717, 1.165) is 48.3 Å². The lowest BCUT2D eigenvalue weighted by Crippen LogP contribution is -2.29. The highest BCUT2D eigenvalue weighted by Crippen LogP contribution is 2.59. The van der Waals surface area contributed by atoms with E-state index in [1.165, 1.54) is 106 Å². The number of anilines is 4. The molecular weight excluding hydrogens is 941 g/mol. The molecule has 1 heterocycles. The van der Waals surface area contributed by atoms with E-state index in [-0.39, 0.29) is 5.41 Å². The molecule has 78 heavy (non-hydrogen) atoms. The molecule has 380 valence electrons. The number of hydrogen-bond acceptors (Lipinski definition) is 2. The third kappa shape index (κ3) is 8.30. The highest BCUT2D eigenvalue weighted by molar-refractivity contribution is 5.92. The smallest absolute Gasteiger partial charge is 0.0711 e. The van der Waals surface area contributed by atoms with E-state index in [0.29, 0.717) is 0 Å². The highest BCUT2D eigenvalue weighted by atomic mass is 15.2. The molecule has 1 unspecified atom stereocenters. The zero-order chi connectivity index (χ0) is 54.1. The molecule has 1 aliphatic heterocycles. The molecule has 1 atom stereocenters. The molecule has 0 bridgehead atoms. The number of rotatable bonds is 12. The number of nitrogens with zero attached hydrogens (tertiary/aromatic N) is 2. The lowest BCUT2D eigenvalue weighted by Gasteiger charge is -2.36. The van der Waals surface area contributed by atoms with Gasteiger partial charge in [-0.15, -0.1) is 12.8 Å². The molecule has 0 aromatic heterocycles. The summed E-state index contributed by atoms with van der Waals surface area (Å²) in [6, 6.07) is 66.7. The van der Waals surface area contributed by atoms with Gasteiger partial charge in [-0.1, -0.05) is 202 Å². The van der Waals surface area contributed by atoms with Crippen LogP contribution in [0.25, 0.3) is 34.4 Å². The molecule has 8 aromatic carbocycles. The van der Waals surface area contributed by atoms with Gasteiger partial charge in [-0.3, -0.25) is 0 Å². The summed E-state index contributed by atoms with van der Waals surface area (Å²) in [7, 11) is 0. The van der Waals surface area contributed by atoms with Crippen LogP contribution in [0.3, 0.4) is 0 Å². The lowest BCUT2D eigenvalue weighted by atomic mass is 9.66. The Labute approximate surface area is 463 Å². The van der Waals surface area contributed by atoms with E-state index in [1.54, 1.807) is 0 Å². The normalized spacial score (nSPS) is 16.5. The number of para-hydroxylation sites is 2. The van der Waals surface area contributed by atoms with Gasteiger partial charge in [-0.2, -0.15) is 0 Å². The van der Waals surface area contributed by atoms with Crippen LogP contribution in [0.5, 0.6) is 0 Å². The number of allylic oxidation sites excluding steroid dienone is 10. The first kappa shape index (κ1) is 51.0. The quantitative estimate of drug-likeness (QED) is 0.0684. The Balaban J connectivity index is 0.00000319. The maximum Gasteiger partial charge on any atom is 0.0711 e. The molecule has 12 rings (SSSR count). The van der Waals surface area contributed by atoms with Crippen molar-refractivity contribution in [1.29, 1.82) is 0 Å². The lowest BCUT2D eigenvalue weighted by molar-refractivity contribution is 0.563. The number of benzene rings is 8. The summed E-state index contributed by atoms with van der Waals surface area (Å²) in [6.07, 6.45) is 31.2. The Kier molecular flexibility index (Phi) is 13.8. The van der Waals surface area contributed by atoms with Crippen molar-refractivity contribution in [3.05, 3.63) is 322 Å². The Morgan fingerprint density at radius 1 is 0.564 bits per heavy atom. The molecular formula is C76H66N2. The maximum atomic E-state index is 4.47. The highest BCUT2D eigenvalue weighted by Gasteiger charge is 2.49. The van der Waals surface area contributed by atoms with Crippen LogP contribution in [0.1, 0.15) is 88.9 Å². The number of terminal acetylenes is 1. The molecule has 4 aliphatic rings. The summed E-state index contributed by atoms with van der Waals surface area (Å²) in [5.41, 5.74) is 28.0. The van der Waals surface area contributed by atoms with Crippen molar-refractivity contribution in [2.45, 2.75) is 64.2 Å². The minimum Gasteiger partial charge on any atom is -0.315 e. The number of aryl methyl sites for hydroxylation is 2. The van der Waals surface area contributed by atoms with Crippen LogP contribution in [-0.4, -0.2) is 0 Å². The van der Waals surface area contributed by atoms with E-state index in [1.807, 2.05) is 18.2 Å². The van der Waals surface area contributed by atoms with Crippen LogP contribution in [0, 0.1) is 12.8 Å². The molecule has 2 nitrogen and oxygen atoms in total. The summed E-state index contributed by atoms with van der Waals surface area (Å²) in [4.78, 5) is 4.76. The predicted octanol–water partition coefficient (Wildman–Crippen LogP) is 19.1. The summed E-state index contributed by atoms with van der Waals surface area (Å²) in [5.74, 6) is 0. The first-order chi connectivity index (χ1) is 38.2. The summed E-state index contributed by atoms with van der Waals surface area (Å²) in [6.45, 7) is 21.2. The second kappa shape index (κ2) is 21.1. The fourth-order valence-corrected chi connectivity index (χ4v) is 13.3. The van der Waals surface area contributed by atoms with Crippen molar-refractivity contribution in [3.63, 3.8) is 0 Å². The topological polar surface area (TPSA) is 6.48 Å². The van der Waals surface area contributed by atoms with E-state index in [2.05, 4.69) is 282 Å². The van der Waals surface area contributed by atoms with E-state index >= 15 is 0 Å². The first-order valence-corrected chi connectivity index (χ1v) is 27.3. The van der Waals surface area contributed by atoms with Crippen LogP contribution < -0.4 is 9.80 Å². The molecule has 8 aromatic rings. The van der Waals surface area contributed by atoms with Crippen molar-refractivity contribution in [2.75, 3.05) is 9.80 Å². The third-order valence-corrected chi connectivity index (χ3v) is 16.9. The molecule has 0 radical (unpaired) electrons. The SMILES string of the molecule is C#C.C=C/C=C\C(C)=C(/C)N(C(=C)C=C)c1ccc2c(c1)C1(Cc3ccccc3C1)c1cc(/C=C/c3ccc4c(c3)C(C(/C=C\C)=C/C)(c3ccccc3)c3cc(N5c6ccccc6CCc6ccccc65)ccc3-4)ccc1-2. The summed E-state index contributed by atoms with van der Waals surface area (Å²) < 4.78 is 0. The van der Waals surface area contributed by atoms with Gasteiger partial charge >= 0.3 is 0 Å². The molecule has 2 heteroatoms. The molecule has 0 N–H and O–H groups in total. The van der Waals surface area contributed by atoms with Gasteiger partial charge < -0.3 is 9.80 Å². The fourth-order valence-electron chi connectivity index (χ4n) is 13.3. The van der Waals surface area contributed by atoms with Crippen molar-refractivity contribution < 1.29 is 0 Å². The monoisotopic (exact) mass is 1010 g/mol. The van der Waals surface area contributed by atoms with Gasteiger partial charge in [0.05, 0.1) is 5.41 Å². The van der Waals surface area contributed by atoms with Crippen LogP contribution in [-0.2, 0) is 36.5 Å². The van der Waals surface area contributed by atoms with Gasteiger partial charge in [-0.25, -0.2) is 0 Å². The average molecular weight is 1010 g/mol. The molecule has 1 spiro atoms. The van der Waals surface area contributed by atoms with Gasteiger partial charge in [-0.05, 0) is 197 Å². The second-order valence-electron chi connectivity index (χ2n) is 21.0. The van der Waals surface area contributed by atoms with Crippen molar-refractivity contribution in [2.24, 2.45) is 0 Å². The molecule has 0 saturated carbocycles. The summed E-state index contributed by atoms with van der Waals surface area (Å²) in [5, 5.41) is 0. The van der Waals surface area contributed by atoms with Crippen molar-refractivity contribution >= 4 is 34.9 Å². The summed E-state index contributed by atoms with van der Waals surface area (Å²) >= 11 is 0. The maximum absolute atomic E-state index is 4.47. The van der Waals surface area contributed by atoms with Gasteiger partial charge in [0.15, 0.2) is 0 Å². The van der Waals surface area contributed by atoms with E-state index in [9.17, 15) is 0 Å². The largest absolute Gasteiger partial charge is 0.315 e. The Bertz CT molecular complexity index is 3810. The molecule has 0 fully saturated rings. The van der Waals surface area contributed by atoms with Crippen molar-refractivity contribution in [1.82, 2.24) is 0 Å². The van der Waals surface area contributed by atoms with Gasteiger partial charge in [0.1, 0.15) is 0 Å². The van der Waals surface area contributed by atoms with Gasteiger partial charge in [0.2, 0.25) is 0 Å².